The van der Waals surface area contributed by atoms with Crippen molar-refractivity contribution in [2.24, 2.45) is 0 Å². The predicted octanol–water partition coefficient (Wildman–Crippen LogP) is 2.78. The lowest BCUT2D eigenvalue weighted by Gasteiger charge is -2.14. The summed E-state index contributed by atoms with van der Waals surface area (Å²) in [5, 5.41) is 8.02. The Hall–Kier alpha value is -3.09. The van der Waals surface area contributed by atoms with Gasteiger partial charge in [-0.2, -0.15) is 0 Å². The van der Waals surface area contributed by atoms with Gasteiger partial charge in [-0.05, 0) is 43.7 Å². The monoisotopic (exact) mass is 343 g/mol. The zero-order valence-electron chi connectivity index (χ0n) is 14.2. The summed E-state index contributed by atoms with van der Waals surface area (Å²) in [6.07, 6.45) is 2.58. The fourth-order valence-corrected chi connectivity index (χ4v) is 2.12. The summed E-state index contributed by atoms with van der Waals surface area (Å²) < 4.78 is 4.98. The SMILES string of the molecule is CCCC(=O)Nc1cccc(NC(=O)C(C)NC(=O)c2ccco2)c1. The highest BCUT2D eigenvalue weighted by molar-refractivity contribution is 6.00. The Bertz CT molecular complexity index is 741. The number of carbonyl (C=O) groups excluding carboxylic acids is 3. The van der Waals surface area contributed by atoms with Crippen LogP contribution >= 0.6 is 0 Å². The second kappa shape index (κ2) is 8.68. The van der Waals surface area contributed by atoms with Gasteiger partial charge in [-0.3, -0.25) is 14.4 Å². The van der Waals surface area contributed by atoms with Gasteiger partial charge in [-0.15, -0.1) is 0 Å². The molecule has 1 aromatic carbocycles. The van der Waals surface area contributed by atoms with Gasteiger partial charge in [0.1, 0.15) is 6.04 Å². The molecule has 0 spiro atoms. The van der Waals surface area contributed by atoms with E-state index in [0.717, 1.165) is 6.42 Å². The molecule has 0 aliphatic heterocycles. The molecule has 1 unspecified atom stereocenters. The number of carbonyl (C=O) groups is 3. The molecule has 0 aliphatic carbocycles. The molecule has 0 bridgehead atoms. The lowest BCUT2D eigenvalue weighted by atomic mass is 10.2. The standard InChI is InChI=1S/C18H21N3O4/c1-3-6-16(22)20-13-7-4-8-14(11-13)21-17(23)12(2)19-18(24)15-9-5-10-25-15/h4-5,7-12H,3,6H2,1-2H3,(H,19,24)(H,20,22)(H,21,23). The molecule has 0 aliphatic rings. The third-order valence-electron chi connectivity index (χ3n) is 3.38. The fourth-order valence-electron chi connectivity index (χ4n) is 2.12. The molecule has 3 amide bonds. The van der Waals surface area contributed by atoms with E-state index in [-0.39, 0.29) is 17.6 Å². The molecule has 2 rings (SSSR count). The second-order valence-electron chi connectivity index (χ2n) is 5.54. The minimum absolute atomic E-state index is 0.0787. The van der Waals surface area contributed by atoms with Gasteiger partial charge < -0.3 is 20.4 Å². The van der Waals surface area contributed by atoms with Crippen molar-refractivity contribution < 1.29 is 18.8 Å². The van der Waals surface area contributed by atoms with Crippen molar-refractivity contribution in [3.8, 4) is 0 Å². The first-order valence-corrected chi connectivity index (χ1v) is 8.04. The zero-order valence-corrected chi connectivity index (χ0v) is 14.2. The number of hydrogen-bond acceptors (Lipinski definition) is 4. The summed E-state index contributed by atoms with van der Waals surface area (Å²) in [5.74, 6) is -0.782. The van der Waals surface area contributed by atoms with E-state index in [1.165, 1.54) is 12.3 Å². The van der Waals surface area contributed by atoms with Crippen LogP contribution in [0.1, 0.15) is 37.2 Å². The Balaban J connectivity index is 1.93. The number of anilines is 2. The molecular formula is C18H21N3O4. The molecule has 25 heavy (non-hydrogen) atoms. The van der Waals surface area contributed by atoms with Gasteiger partial charge in [0.2, 0.25) is 11.8 Å². The van der Waals surface area contributed by atoms with Crippen molar-refractivity contribution in [1.82, 2.24) is 5.32 Å². The highest BCUT2D eigenvalue weighted by Crippen LogP contribution is 2.16. The molecule has 2 aromatic rings. The molecule has 0 saturated carbocycles. The first-order valence-electron chi connectivity index (χ1n) is 8.04. The van der Waals surface area contributed by atoms with Crippen LogP contribution in [0.15, 0.2) is 47.1 Å². The Morgan fingerprint density at radius 1 is 1.08 bits per heavy atom. The zero-order chi connectivity index (χ0) is 18.2. The van der Waals surface area contributed by atoms with E-state index in [2.05, 4.69) is 16.0 Å². The Morgan fingerprint density at radius 3 is 2.44 bits per heavy atom. The van der Waals surface area contributed by atoms with Gasteiger partial charge in [-0.1, -0.05) is 13.0 Å². The normalized spacial score (nSPS) is 11.4. The second-order valence-corrected chi connectivity index (χ2v) is 5.54. The molecule has 3 N–H and O–H groups in total. The molecule has 7 heteroatoms. The van der Waals surface area contributed by atoms with Gasteiger partial charge in [0.15, 0.2) is 5.76 Å². The lowest BCUT2D eigenvalue weighted by Crippen LogP contribution is -2.41. The van der Waals surface area contributed by atoms with E-state index < -0.39 is 11.9 Å². The van der Waals surface area contributed by atoms with Crippen molar-refractivity contribution in [3.05, 3.63) is 48.4 Å². The molecule has 1 atom stereocenters. The minimum atomic E-state index is -0.754. The first kappa shape index (κ1) is 18.3. The lowest BCUT2D eigenvalue weighted by molar-refractivity contribution is -0.117. The number of hydrogen-bond donors (Lipinski definition) is 3. The van der Waals surface area contributed by atoms with Gasteiger partial charge in [0.25, 0.3) is 5.91 Å². The van der Waals surface area contributed by atoms with E-state index in [1.807, 2.05) is 6.92 Å². The highest BCUT2D eigenvalue weighted by Gasteiger charge is 2.18. The van der Waals surface area contributed by atoms with Crippen LogP contribution in [0.2, 0.25) is 0 Å². The molecule has 7 nitrogen and oxygen atoms in total. The average Bonchev–Trinajstić information content (AvgIpc) is 3.09. The summed E-state index contributed by atoms with van der Waals surface area (Å²) in [4.78, 5) is 35.7. The van der Waals surface area contributed by atoms with E-state index in [9.17, 15) is 14.4 Å². The van der Waals surface area contributed by atoms with E-state index in [0.29, 0.717) is 17.8 Å². The van der Waals surface area contributed by atoms with Crippen LogP contribution in [0, 0.1) is 0 Å². The van der Waals surface area contributed by atoms with Crippen LogP contribution in [0.3, 0.4) is 0 Å². The Morgan fingerprint density at radius 2 is 1.80 bits per heavy atom. The van der Waals surface area contributed by atoms with E-state index in [4.69, 9.17) is 4.42 Å². The van der Waals surface area contributed by atoms with Crippen LogP contribution in [0.4, 0.5) is 11.4 Å². The van der Waals surface area contributed by atoms with Crippen LogP contribution in [-0.4, -0.2) is 23.8 Å². The third-order valence-corrected chi connectivity index (χ3v) is 3.38. The molecule has 132 valence electrons. The summed E-state index contributed by atoms with van der Waals surface area (Å²) >= 11 is 0. The summed E-state index contributed by atoms with van der Waals surface area (Å²) in [6.45, 7) is 3.50. The molecular weight excluding hydrogens is 322 g/mol. The summed E-state index contributed by atoms with van der Waals surface area (Å²) in [5.41, 5.74) is 1.13. The first-order chi connectivity index (χ1) is 12.0. The van der Waals surface area contributed by atoms with Crippen LogP contribution in [0.25, 0.3) is 0 Å². The topological polar surface area (TPSA) is 100 Å². The van der Waals surface area contributed by atoms with Gasteiger partial charge in [0, 0.05) is 17.8 Å². The van der Waals surface area contributed by atoms with Crippen LogP contribution in [-0.2, 0) is 9.59 Å². The maximum absolute atomic E-state index is 12.2. The number of benzene rings is 1. The van der Waals surface area contributed by atoms with Crippen LogP contribution in [0.5, 0.6) is 0 Å². The van der Waals surface area contributed by atoms with Crippen molar-refractivity contribution >= 4 is 29.1 Å². The van der Waals surface area contributed by atoms with Gasteiger partial charge in [0.05, 0.1) is 6.26 Å². The quantitative estimate of drug-likeness (QED) is 0.719. The number of amides is 3. The Labute approximate surface area is 145 Å². The van der Waals surface area contributed by atoms with Crippen molar-refractivity contribution in [1.29, 1.82) is 0 Å². The maximum atomic E-state index is 12.2. The molecule has 0 fully saturated rings. The fraction of sp³-hybridized carbons (Fsp3) is 0.278. The smallest absolute Gasteiger partial charge is 0.287 e. The van der Waals surface area contributed by atoms with Crippen molar-refractivity contribution in [2.75, 3.05) is 10.6 Å². The predicted molar refractivity (Wildman–Crippen MR) is 94.2 cm³/mol. The summed E-state index contributed by atoms with van der Waals surface area (Å²) in [6, 6.07) is 9.19. The van der Waals surface area contributed by atoms with Gasteiger partial charge >= 0.3 is 0 Å². The van der Waals surface area contributed by atoms with E-state index in [1.54, 1.807) is 37.3 Å². The molecule has 0 radical (unpaired) electrons. The number of furan rings is 1. The van der Waals surface area contributed by atoms with Crippen molar-refractivity contribution in [3.63, 3.8) is 0 Å². The third kappa shape index (κ3) is 5.49. The van der Waals surface area contributed by atoms with Gasteiger partial charge in [-0.25, -0.2) is 0 Å². The van der Waals surface area contributed by atoms with Crippen LogP contribution < -0.4 is 16.0 Å². The number of nitrogens with one attached hydrogen (secondary N) is 3. The molecule has 0 saturated heterocycles. The maximum Gasteiger partial charge on any atom is 0.287 e. The molecule has 1 heterocycles. The summed E-state index contributed by atoms with van der Waals surface area (Å²) in [7, 11) is 0. The van der Waals surface area contributed by atoms with Crippen molar-refractivity contribution in [2.45, 2.75) is 32.7 Å². The Kier molecular flexibility index (Phi) is 6.33. The highest BCUT2D eigenvalue weighted by atomic mass is 16.3. The minimum Gasteiger partial charge on any atom is -0.459 e. The average molecular weight is 343 g/mol. The van der Waals surface area contributed by atoms with E-state index >= 15 is 0 Å². The molecule has 1 aromatic heterocycles. The largest absolute Gasteiger partial charge is 0.459 e. The number of rotatable bonds is 7.